The van der Waals surface area contributed by atoms with Crippen molar-refractivity contribution >= 4 is 5.78 Å². The van der Waals surface area contributed by atoms with Crippen molar-refractivity contribution in [1.82, 2.24) is 9.78 Å². The third-order valence-corrected chi connectivity index (χ3v) is 3.48. The maximum Gasteiger partial charge on any atom is 0.142 e. The van der Waals surface area contributed by atoms with Gasteiger partial charge in [-0.25, -0.2) is 0 Å². The van der Waals surface area contributed by atoms with Crippen LogP contribution in [-0.4, -0.2) is 22.2 Å². The third-order valence-electron chi connectivity index (χ3n) is 3.48. The summed E-state index contributed by atoms with van der Waals surface area (Å²) in [7, 11) is 0. The summed E-state index contributed by atoms with van der Waals surface area (Å²) in [4.78, 5) is 11.9. The molecule has 1 aromatic heterocycles. The zero-order chi connectivity index (χ0) is 15.1. The first-order valence-electron chi connectivity index (χ1n) is 7.42. The number of aromatic nitrogens is 2. The highest BCUT2D eigenvalue weighted by atomic mass is 16.5. The van der Waals surface area contributed by atoms with Gasteiger partial charge in [0.05, 0.1) is 18.7 Å². The van der Waals surface area contributed by atoms with Gasteiger partial charge in [0.2, 0.25) is 0 Å². The Morgan fingerprint density at radius 3 is 2.76 bits per heavy atom. The molecule has 0 N–H and O–H groups in total. The Morgan fingerprint density at radius 2 is 2.05 bits per heavy atom. The highest BCUT2D eigenvalue weighted by molar-refractivity contribution is 5.80. The minimum atomic E-state index is 0.153. The van der Waals surface area contributed by atoms with Crippen LogP contribution in [0.4, 0.5) is 0 Å². The molecule has 1 atom stereocenters. The Balaban J connectivity index is 1.75. The maximum atomic E-state index is 11.9. The normalized spacial score (nSPS) is 12.1. The quantitative estimate of drug-likeness (QED) is 0.746. The van der Waals surface area contributed by atoms with Crippen LogP contribution in [0.1, 0.15) is 38.4 Å². The second kappa shape index (κ2) is 7.62. The fourth-order valence-corrected chi connectivity index (χ4v) is 1.99. The van der Waals surface area contributed by atoms with E-state index >= 15 is 0 Å². The average Bonchev–Trinajstić information content (AvgIpc) is 2.96. The lowest BCUT2D eigenvalue weighted by atomic mass is 10.2. The molecule has 0 aliphatic heterocycles. The largest absolute Gasteiger partial charge is 0.493 e. The van der Waals surface area contributed by atoms with E-state index in [1.54, 1.807) is 0 Å². The molecule has 4 heteroatoms. The highest BCUT2D eigenvalue weighted by Crippen LogP contribution is 2.11. The maximum absolute atomic E-state index is 11.9. The van der Waals surface area contributed by atoms with Crippen LogP contribution in [0.5, 0.6) is 5.75 Å². The predicted molar refractivity (Wildman–Crippen MR) is 82.5 cm³/mol. The number of hydrogen-bond acceptors (Lipinski definition) is 3. The zero-order valence-electron chi connectivity index (χ0n) is 12.7. The SMILES string of the molecule is CCC(C)n1ccc(CC(=O)CCOc2ccccc2)n1. The summed E-state index contributed by atoms with van der Waals surface area (Å²) in [6.45, 7) is 4.65. The van der Waals surface area contributed by atoms with Gasteiger partial charge in [-0.05, 0) is 31.5 Å². The number of hydrogen-bond donors (Lipinski definition) is 0. The molecule has 0 aliphatic carbocycles. The number of carbonyl (C=O) groups excluding carboxylic acids is 1. The Hall–Kier alpha value is -2.10. The van der Waals surface area contributed by atoms with Crippen molar-refractivity contribution in [2.75, 3.05) is 6.61 Å². The molecule has 0 aliphatic rings. The highest BCUT2D eigenvalue weighted by Gasteiger charge is 2.09. The van der Waals surface area contributed by atoms with Crippen molar-refractivity contribution in [3.05, 3.63) is 48.3 Å². The van der Waals surface area contributed by atoms with Gasteiger partial charge in [-0.1, -0.05) is 25.1 Å². The fraction of sp³-hybridized carbons (Fsp3) is 0.412. The van der Waals surface area contributed by atoms with Gasteiger partial charge in [0.15, 0.2) is 0 Å². The van der Waals surface area contributed by atoms with Gasteiger partial charge in [0.25, 0.3) is 0 Å². The summed E-state index contributed by atoms with van der Waals surface area (Å²) < 4.78 is 7.45. The van der Waals surface area contributed by atoms with Gasteiger partial charge in [0, 0.05) is 18.7 Å². The van der Waals surface area contributed by atoms with Crippen LogP contribution >= 0.6 is 0 Å². The summed E-state index contributed by atoms with van der Waals surface area (Å²) in [5.74, 6) is 0.951. The van der Waals surface area contributed by atoms with Crippen molar-refractivity contribution in [3.63, 3.8) is 0 Å². The number of nitrogens with zero attached hydrogens (tertiary/aromatic N) is 2. The monoisotopic (exact) mass is 286 g/mol. The standard InChI is InChI=1S/C17H22N2O2/c1-3-14(2)19-11-9-15(18-19)13-16(20)10-12-21-17-7-5-4-6-8-17/h4-9,11,14H,3,10,12-13H2,1-2H3. The molecule has 0 saturated heterocycles. The van der Waals surface area contributed by atoms with E-state index in [0.717, 1.165) is 17.9 Å². The van der Waals surface area contributed by atoms with Gasteiger partial charge in [0.1, 0.15) is 11.5 Å². The molecular formula is C17H22N2O2. The van der Waals surface area contributed by atoms with E-state index in [1.807, 2.05) is 47.3 Å². The lowest BCUT2D eigenvalue weighted by Crippen LogP contribution is -2.10. The van der Waals surface area contributed by atoms with Crippen LogP contribution in [0, 0.1) is 0 Å². The minimum Gasteiger partial charge on any atom is -0.493 e. The van der Waals surface area contributed by atoms with Gasteiger partial charge < -0.3 is 4.74 Å². The third kappa shape index (κ3) is 4.74. The van der Waals surface area contributed by atoms with E-state index in [4.69, 9.17) is 4.74 Å². The van der Waals surface area contributed by atoms with Crippen molar-refractivity contribution in [2.45, 2.75) is 39.2 Å². The lowest BCUT2D eigenvalue weighted by molar-refractivity contribution is -0.118. The summed E-state index contributed by atoms with van der Waals surface area (Å²) in [5.41, 5.74) is 0.833. The number of ether oxygens (including phenoxy) is 1. The molecule has 0 saturated carbocycles. The molecule has 1 aromatic carbocycles. The molecule has 0 bridgehead atoms. The summed E-state index contributed by atoms with van der Waals surface area (Å²) >= 11 is 0. The number of rotatable bonds is 8. The van der Waals surface area contributed by atoms with Gasteiger partial charge >= 0.3 is 0 Å². The first-order valence-corrected chi connectivity index (χ1v) is 7.42. The molecule has 1 unspecified atom stereocenters. The second-order valence-electron chi connectivity index (χ2n) is 5.17. The van der Waals surface area contributed by atoms with Crippen LogP contribution in [0.3, 0.4) is 0 Å². The first kappa shape index (κ1) is 15.3. The van der Waals surface area contributed by atoms with Crippen molar-refractivity contribution in [2.24, 2.45) is 0 Å². The van der Waals surface area contributed by atoms with Crippen molar-refractivity contribution in [1.29, 1.82) is 0 Å². The number of carbonyl (C=O) groups is 1. The fourth-order valence-electron chi connectivity index (χ4n) is 1.99. The molecule has 0 spiro atoms. The molecule has 1 heterocycles. The van der Waals surface area contributed by atoms with Crippen LogP contribution in [0.15, 0.2) is 42.6 Å². The Morgan fingerprint density at radius 1 is 1.29 bits per heavy atom. The molecule has 21 heavy (non-hydrogen) atoms. The Kier molecular flexibility index (Phi) is 5.55. The molecule has 2 aromatic rings. The summed E-state index contributed by atoms with van der Waals surface area (Å²) in [6, 6.07) is 11.8. The Bertz CT molecular complexity index is 563. The van der Waals surface area contributed by atoms with E-state index in [2.05, 4.69) is 18.9 Å². The van der Waals surface area contributed by atoms with Gasteiger partial charge in [-0.3, -0.25) is 9.48 Å². The van der Waals surface area contributed by atoms with Crippen LogP contribution in [0.2, 0.25) is 0 Å². The second-order valence-corrected chi connectivity index (χ2v) is 5.17. The predicted octanol–water partition coefficient (Wildman–Crippen LogP) is 3.43. The molecule has 2 rings (SSSR count). The van der Waals surface area contributed by atoms with Gasteiger partial charge in [-0.15, -0.1) is 0 Å². The van der Waals surface area contributed by atoms with E-state index in [-0.39, 0.29) is 5.78 Å². The van der Waals surface area contributed by atoms with E-state index < -0.39 is 0 Å². The number of ketones is 1. The topological polar surface area (TPSA) is 44.1 Å². The molecule has 112 valence electrons. The number of para-hydroxylation sites is 1. The van der Waals surface area contributed by atoms with Crippen LogP contribution in [-0.2, 0) is 11.2 Å². The molecule has 4 nitrogen and oxygen atoms in total. The Labute approximate surface area is 125 Å². The zero-order valence-corrected chi connectivity index (χ0v) is 12.7. The van der Waals surface area contributed by atoms with Crippen LogP contribution in [0.25, 0.3) is 0 Å². The smallest absolute Gasteiger partial charge is 0.142 e. The number of Topliss-reactive ketones (excluding diaryl/α,β-unsaturated/α-hetero) is 1. The molecular weight excluding hydrogens is 264 g/mol. The van der Waals surface area contributed by atoms with E-state index in [9.17, 15) is 4.79 Å². The lowest BCUT2D eigenvalue weighted by Gasteiger charge is -2.08. The summed E-state index contributed by atoms with van der Waals surface area (Å²) in [5, 5.41) is 4.44. The summed E-state index contributed by atoms with van der Waals surface area (Å²) in [6.07, 6.45) is 3.75. The molecule has 0 radical (unpaired) electrons. The number of benzene rings is 1. The van der Waals surface area contributed by atoms with Crippen LogP contribution < -0.4 is 4.74 Å². The minimum absolute atomic E-state index is 0.153. The average molecular weight is 286 g/mol. The molecule has 0 fully saturated rings. The van der Waals surface area contributed by atoms with E-state index in [1.165, 1.54) is 0 Å². The molecule has 0 amide bonds. The van der Waals surface area contributed by atoms with Crippen molar-refractivity contribution in [3.8, 4) is 5.75 Å². The van der Waals surface area contributed by atoms with Crippen molar-refractivity contribution < 1.29 is 9.53 Å². The van der Waals surface area contributed by atoms with E-state index in [0.29, 0.717) is 25.5 Å². The van der Waals surface area contributed by atoms with Gasteiger partial charge in [-0.2, -0.15) is 5.10 Å². The first-order chi connectivity index (χ1) is 10.2.